The van der Waals surface area contributed by atoms with Crippen LogP contribution in [0.25, 0.3) is 0 Å². The SMILES string of the molecule is O=C1COC2(CCN(C(c3ccc(F)cc3)c3ccc(F)cc3)C2)CN1. The van der Waals surface area contributed by atoms with Crippen molar-refractivity contribution < 1.29 is 18.3 Å². The Balaban J connectivity index is 1.64. The summed E-state index contributed by atoms with van der Waals surface area (Å²) in [5.41, 5.74) is 1.48. The molecule has 136 valence electrons. The minimum Gasteiger partial charge on any atom is -0.362 e. The van der Waals surface area contributed by atoms with Gasteiger partial charge >= 0.3 is 0 Å². The van der Waals surface area contributed by atoms with E-state index < -0.39 is 5.60 Å². The first-order valence-electron chi connectivity index (χ1n) is 8.70. The third-order valence-electron chi connectivity index (χ3n) is 5.20. The lowest BCUT2D eigenvalue weighted by atomic mass is 9.96. The van der Waals surface area contributed by atoms with Gasteiger partial charge in [0.15, 0.2) is 0 Å². The van der Waals surface area contributed by atoms with Gasteiger partial charge in [0.05, 0.1) is 11.6 Å². The second-order valence-corrected chi connectivity index (χ2v) is 6.97. The van der Waals surface area contributed by atoms with Crippen molar-refractivity contribution in [2.24, 2.45) is 0 Å². The van der Waals surface area contributed by atoms with E-state index in [1.165, 1.54) is 24.3 Å². The molecule has 2 fully saturated rings. The second-order valence-electron chi connectivity index (χ2n) is 6.97. The van der Waals surface area contributed by atoms with Crippen molar-refractivity contribution in [2.45, 2.75) is 18.1 Å². The highest BCUT2D eigenvalue weighted by atomic mass is 19.1. The van der Waals surface area contributed by atoms with Crippen LogP contribution in [0.2, 0.25) is 0 Å². The van der Waals surface area contributed by atoms with Crippen LogP contribution in [0.15, 0.2) is 48.5 Å². The fraction of sp³-hybridized carbons (Fsp3) is 0.350. The number of ether oxygens (including phenoxy) is 1. The lowest BCUT2D eigenvalue weighted by Crippen LogP contribution is -2.54. The molecule has 0 bridgehead atoms. The lowest BCUT2D eigenvalue weighted by Gasteiger charge is -2.35. The van der Waals surface area contributed by atoms with Gasteiger partial charge in [-0.25, -0.2) is 8.78 Å². The first-order valence-corrected chi connectivity index (χ1v) is 8.70. The zero-order chi connectivity index (χ0) is 18.1. The maximum absolute atomic E-state index is 13.4. The van der Waals surface area contributed by atoms with E-state index >= 15 is 0 Å². The molecule has 2 aromatic carbocycles. The molecule has 4 rings (SSSR count). The quantitative estimate of drug-likeness (QED) is 0.917. The number of nitrogens with zero attached hydrogens (tertiary/aromatic N) is 1. The number of rotatable bonds is 3. The summed E-state index contributed by atoms with van der Waals surface area (Å²) in [5, 5.41) is 2.88. The molecule has 26 heavy (non-hydrogen) atoms. The van der Waals surface area contributed by atoms with E-state index in [0.717, 1.165) is 24.1 Å². The van der Waals surface area contributed by atoms with Gasteiger partial charge in [-0.05, 0) is 41.8 Å². The molecule has 4 nitrogen and oxygen atoms in total. The highest BCUT2D eigenvalue weighted by molar-refractivity contribution is 5.78. The van der Waals surface area contributed by atoms with Gasteiger partial charge in [-0.1, -0.05) is 24.3 Å². The van der Waals surface area contributed by atoms with Gasteiger partial charge in [0.25, 0.3) is 0 Å². The van der Waals surface area contributed by atoms with Crippen LogP contribution >= 0.6 is 0 Å². The van der Waals surface area contributed by atoms with Crippen molar-refractivity contribution in [1.82, 2.24) is 10.2 Å². The molecule has 1 N–H and O–H groups in total. The zero-order valence-electron chi connectivity index (χ0n) is 14.3. The van der Waals surface area contributed by atoms with Crippen molar-refractivity contribution in [3.8, 4) is 0 Å². The first-order chi connectivity index (χ1) is 12.5. The lowest BCUT2D eigenvalue weighted by molar-refractivity contribution is -0.142. The number of carbonyl (C=O) groups excluding carboxylic acids is 1. The third-order valence-corrected chi connectivity index (χ3v) is 5.20. The Morgan fingerprint density at radius 3 is 2.08 bits per heavy atom. The van der Waals surface area contributed by atoms with Gasteiger partial charge < -0.3 is 10.1 Å². The van der Waals surface area contributed by atoms with Crippen molar-refractivity contribution in [3.63, 3.8) is 0 Å². The zero-order valence-corrected chi connectivity index (χ0v) is 14.3. The maximum atomic E-state index is 13.4. The topological polar surface area (TPSA) is 41.6 Å². The second kappa shape index (κ2) is 6.78. The Morgan fingerprint density at radius 2 is 1.58 bits per heavy atom. The normalized spacial score (nSPS) is 23.6. The number of hydrogen-bond acceptors (Lipinski definition) is 3. The average molecular weight is 358 g/mol. The molecule has 2 aliphatic rings. The van der Waals surface area contributed by atoms with E-state index in [1.807, 2.05) is 0 Å². The fourth-order valence-electron chi connectivity index (χ4n) is 3.84. The van der Waals surface area contributed by atoms with Gasteiger partial charge in [0, 0.05) is 19.6 Å². The van der Waals surface area contributed by atoms with Crippen LogP contribution in [0.5, 0.6) is 0 Å². The highest BCUT2D eigenvalue weighted by Crippen LogP contribution is 2.36. The summed E-state index contributed by atoms with van der Waals surface area (Å²) in [6.07, 6.45) is 0.798. The largest absolute Gasteiger partial charge is 0.362 e. The molecule has 0 aliphatic carbocycles. The summed E-state index contributed by atoms with van der Waals surface area (Å²) in [5.74, 6) is -0.673. The predicted molar refractivity (Wildman–Crippen MR) is 92.5 cm³/mol. The molecular weight excluding hydrogens is 338 g/mol. The van der Waals surface area contributed by atoms with E-state index in [9.17, 15) is 13.6 Å². The molecule has 0 radical (unpaired) electrons. The van der Waals surface area contributed by atoms with Crippen molar-refractivity contribution >= 4 is 5.91 Å². The van der Waals surface area contributed by atoms with Crippen LogP contribution in [0.4, 0.5) is 8.78 Å². The molecule has 2 aromatic rings. The van der Waals surface area contributed by atoms with Crippen molar-refractivity contribution in [1.29, 1.82) is 0 Å². The summed E-state index contributed by atoms with van der Waals surface area (Å²) in [4.78, 5) is 13.7. The molecule has 6 heteroatoms. The number of morpholine rings is 1. The molecule has 0 aromatic heterocycles. The smallest absolute Gasteiger partial charge is 0.246 e. The van der Waals surface area contributed by atoms with Crippen LogP contribution in [-0.4, -0.2) is 42.6 Å². The number of carbonyl (C=O) groups is 1. The monoisotopic (exact) mass is 358 g/mol. The van der Waals surface area contributed by atoms with Gasteiger partial charge in [0.2, 0.25) is 5.91 Å². The summed E-state index contributed by atoms with van der Waals surface area (Å²) in [7, 11) is 0. The standard InChI is InChI=1S/C20H20F2N2O2/c21-16-5-1-14(2-6-16)19(15-3-7-17(22)8-4-15)24-10-9-20(13-24)12-23-18(25)11-26-20/h1-8,19H,9-13H2,(H,23,25). The molecule has 1 spiro atoms. The van der Waals surface area contributed by atoms with E-state index in [1.54, 1.807) is 24.3 Å². The fourth-order valence-corrected chi connectivity index (χ4v) is 3.84. The average Bonchev–Trinajstić information content (AvgIpc) is 3.05. The van der Waals surface area contributed by atoms with Crippen LogP contribution in [0.1, 0.15) is 23.6 Å². The van der Waals surface area contributed by atoms with E-state index in [0.29, 0.717) is 13.1 Å². The molecule has 1 unspecified atom stereocenters. The summed E-state index contributed by atoms with van der Waals surface area (Å²) < 4.78 is 32.6. The minimum atomic E-state index is -0.397. The number of likely N-dealkylation sites (tertiary alicyclic amines) is 1. The molecule has 2 saturated heterocycles. The molecule has 1 amide bonds. The Bertz CT molecular complexity index is 737. The number of nitrogens with one attached hydrogen (secondary N) is 1. The van der Waals surface area contributed by atoms with Crippen LogP contribution in [0, 0.1) is 11.6 Å². The van der Waals surface area contributed by atoms with Crippen molar-refractivity contribution in [2.75, 3.05) is 26.2 Å². The highest BCUT2D eigenvalue weighted by Gasteiger charge is 2.44. The van der Waals surface area contributed by atoms with Crippen molar-refractivity contribution in [3.05, 3.63) is 71.3 Å². The Kier molecular flexibility index (Phi) is 4.46. The van der Waals surface area contributed by atoms with E-state index in [4.69, 9.17) is 4.74 Å². The van der Waals surface area contributed by atoms with Gasteiger partial charge in [0.1, 0.15) is 18.2 Å². The Morgan fingerprint density at radius 1 is 1.00 bits per heavy atom. The third kappa shape index (κ3) is 3.34. The van der Waals surface area contributed by atoms with Gasteiger partial charge in [-0.15, -0.1) is 0 Å². The number of hydrogen-bond donors (Lipinski definition) is 1. The molecule has 2 heterocycles. The molecule has 1 atom stereocenters. The summed E-state index contributed by atoms with van der Waals surface area (Å²) >= 11 is 0. The minimum absolute atomic E-state index is 0.0750. The van der Waals surface area contributed by atoms with E-state index in [-0.39, 0.29) is 30.2 Å². The molecular formula is C20H20F2N2O2. The number of benzene rings is 2. The summed E-state index contributed by atoms with van der Waals surface area (Å²) in [6, 6.07) is 12.7. The number of amides is 1. The predicted octanol–water partition coefficient (Wildman–Crippen LogP) is 2.65. The van der Waals surface area contributed by atoms with E-state index in [2.05, 4.69) is 10.2 Å². The Hall–Kier alpha value is -2.31. The maximum Gasteiger partial charge on any atom is 0.246 e. The molecule has 0 saturated carbocycles. The van der Waals surface area contributed by atoms with Gasteiger partial charge in [-0.2, -0.15) is 0 Å². The first kappa shape index (κ1) is 17.1. The molecule has 2 aliphatic heterocycles. The Labute approximate surface area is 150 Å². The van der Waals surface area contributed by atoms with Crippen LogP contribution in [0.3, 0.4) is 0 Å². The summed E-state index contributed by atoms with van der Waals surface area (Å²) in [6.45, 7) is 1.98. The van der Waals surface area contributed by atoms with Crippen LogP contribution < -0.4 is 5.32 Å². The van der Waals surface area contributed by atoms with Gasteiger partial charge in [-0.3, -0.25) is 9.69 Å². The number of halogens is 2. The van der Waals surface area contributed by atoms with Crippen LogP contribution in [-0.2, 0) is 9.53 Å².